The maximum Gasteiger partial charge on any atom is 0.119 e. The van der Waals surface area contributed by atoms with Gasteiger partial charge in [-0.1, -0.05) is 12.1 Å². The standard InChI is InChI=1S/C13H19NO2/c14-8-11-2-1-3-13(11)16-12-6-4-10(9-15)5-7-12/h4-7,11,13,15H,1-3,8-9,14H2. The summed E-state index contributed by atoms with van der Waals surface area (Å²) in [5, 5.41) is 8.94. The number of aliphatic hydroxyl groups is 1. The summed E-state index contributed by atoms with van der Waals surface area (Å²) in [7, 11) is 0. The van der Waals surface area contributed by atoms with Crippen LogP contribution < -0.4 is 10.5 Å². The van der Waals surface area contributed by atoms with Crippen molar-refractivity contribution in [3.63, 3.8) is 0 Å². The van der Waals surface area contributed by atoms with E-state index in [4.69, 9.17) is 15.6 Å². The molecule has 0 amide bonds. The Morgan fingerprint density at radius 3 is 2.62 bits per heavy atom. The molecular weight excluding hydrogens is 202 g/mol. The Kier molecular flexibility index (Phi) is 3.80. The van der Waals surface area contributed by atoms with E-state index in [9.17, 15) is 0 Å². The molecule has 3 N–H and O–H groups in total. The van der Waals surface area contributed by atoms with Crippen LogP contribution in [0.2, 0.25) is 0 Å². The van der Waals surface area contributed by atoms with Gasteiger partial charge in [-0.25, -0.2) is 0 Å². The first kappa shape index (κ1) is 11.4. The van der Waals surface area contributed by atoms with Crippen LogP contribution in [-0.4, -0.2) is 17.8 Å². The highest BCUT2D eigenvalue weighted by Crippen LogP contribution is 2.29. The molecule has 2 unspecified atom stereocenters. The van der Waals surface area contributed by atoms with Gasteiger partial charge in [-0.15, -0.1) is 0 Å². The Labute approximate surface area is 96.2 Å². The zero-order valence-corrected chi connectivity index (χ0v) is 9.43. The van der Waals surface area contributed by atoms with Crippen molar-refractivity contribution in [2.45, 2.75) is 32.0 Å². The molecule has 3 heteroatoms. The molecule has 0 bridgehead atoms. The van der Waals surface area contributed by atoms with E-state index < -0.39 is 0 Å². The van der Waals surface area contributed by atoms with Gasteiger partial charge >= 0.3 is 0 Å². The number of hydrogen-bond donors (Lipinski definition) is 2. The van der Waals surface area contributed by atoms with Crippen LogP contribution >= 0.6 is 0 Å². The minimum absolute atomic E-state index is 0.0785. The molecule has 88 valence electrons. The first-order valence-corrected chi connectivity index (χ1v) is 5.90. The van der Waals surface area contributed by atoms with Gasteiger partial charge in [0.25, 0.3) is 0 Å². The fraction of sp³-hybridized carbons (Fsp3) is 0.538. The lowest BCUT2D eigenvalue weighted by Gasteiger charge is -2.19. The highest BCUT2D eigenvalue weighted by molar-refractivity contribution is 5.27. The average molecular weight is 221 g/mol. The number of nitrogens with two attached hydrogens (primary N) is 1. The van der Waals surface area contributed by atoms with E-state index in [2.05, 4.69) is 0 Å². The lowest BCUT2D eigenvalue weighted by molar-refractivity contribution is 0.162. The Morgan fingerprint density at radius 2 is 2.00 bits per heavy atom. The second-order valence-electron chi connectivity index (χ2n) is 4.39. The quantitative estimate of drug-likeness (QED) is 0.813. The van der Waals surface area contributed by atoms with Crippen LogP contribution in [0.5, 0.6) is 5.75 Å². The Morgan fingerprint density at radius 1 is 1.25 bits per heavy atom. The molecule has 0 saturated heterocycles. The summed E-state index contributed by atoms with van der Waals surface area (Å²) in [6.07, 6.45) is 3.76. The average Bonchev–Trinajstić information content (AvgIpc) is 2.77. The molecule has 0 aliphatic heterocycles. The Balaban J connectivity index is 1.97. The molecule has 2 atom stereocenters. The van der Waals surface area contributed by atoms with Crippen molar-refractivity contribution in [1.29, 1.82) is 0 Å². The molecule has 1 saturated carbocycles. The molecular formula is C13H19NO2. The first-order valence-electron chi connectivity index (χ1n) is 5.90. The van der Waals surface area contributed by atoms with Crippen molar-refractivity contribution in [1.82, 2.24) is 0 Å². The second kappa shape index (κ2) is 5.32. The van der Waals surface area contributed by atoms with Gasteiger partial charge in [0.2, 0.25) is 0 Å². The van der Waals surface area contributed by atoms with Crippen LogP contribution in [0.4, 0.5) is 0 Å². The minimum atomic E-state index is 0.0785. The predicted octanol–water partition coefficient (Wildman–Crippen LogP) is 1.69. The third-order valence-electron chi connectivity index (χ3n) is 3.29. The van der Waals surface area contributed by atoms with Crippen LogP contribution in [0.3, 0.4) is 0 Å². The van der Waals surface area contributed by atoms with E-state index in [0.717, 1.165) is 17.7 Å². The van der Waals surface area contributed by atoms with Crippen molar-refractivity contribution >= 4 is 0 Å². The molecule has 2 rings (SSSR count). The third kappa shape index (κ3) is 2.54. The van der Waals surface area contributed by atoms with Crippen LogP contribution in [-0.2, 0) is 6.61 Å². The zero-order valence-electron chi connectivity index (χ0n) is 9.43. The maximum atomic E-state index is 8.94. The molecule has 0 heterocycles. The van der Waals surface area contributed by atoms with Crippen molar-refractivity contribution < 1.29 is 9.84 Å². The molecule has 1 aliphatic carbocycles. The van der Waals surface area contributed by atoms with Gasteiger partial charge in [0, 0.05) is 5.92 Å². The molecule has 1 aliphatic rings. The van der Waals surface area contributed by atoms with Gasteiger partial charge in [-0.05, 0) is 43.5 Å². The van der Waals surface area contributed by atoms with Gasteiger partial charge in [0.1, 0.15) is 11.9 Å². The molecule has 0 radical (unpaired) electrons. The van der Waals surface area contributed by atoms with E-state index in [1.54, 1.807) is 0 Å². The Bertz CT molecular complexity index is 323. The van der Waals surface area contributed by atoms with E-state index in [0.29, 0.717) is 12.5 Å². The van der Waals surface area contributed by atoms with Gasteiger partial charge < -0.3 is 15.6 Å². The molecule has 1 aromatic carbocycles. The lowest BCUT2D eigenvalue weighted by atomic mass is 10.1. The van der Waals surface area contributed by atoms with Crippen molar-refractivity contribution in [3.8, 4) is 5.75 Å². The molecule has 0 spiro atoms. The summed E-state index contributed by atoms with van der Waals surface area (Å²) in [6, 6.07) is 7.61. The summed E-state index contributed by atoms with van der Waals surface area (Å²) in [6.45, 7) is 0.786. The number of hydrogen-bond acceptors (Lipinski definition) is 3. The largest absolute Gasteiger partial charge is 0.490 e. The van der Waals surface area contributed by atoms with Crippen molar-refractivity contribution in [2.24, 2.45) is 11.7 Å². The van der Waals surface area contributed by atoms with Crippen LogP contribution in [0, 0.1) is 5.92 Å². The minimum Gasteiger partial charge on any atom is -0.490 e. The lowest BCUT2D eigenvalue weighted by Crippen LogP contribution is -2.27. The van der Waals surface area contributed by atoms with E-state index in [-0.39, 0.29) is 12.7 Å². The topological polar surface area (TPSA) is 55.5 Å². The van der Waals surface area contributed by atoms with Crippen LogP contribution in [0.15, 0.2) is 24.3 Å². The first-order chi connectivity index (χ1) is 7.83. The fourth-order valence-corrected chi connectivity index (χ4v) is 2.28. The normalized spacial score (nSPS) is 24.6. The smallest absolute Gasteiger partial charge is 0.119 e. The number of aliphatic hydroxyl groups excluding tert-OH is 1. The van der Waals surface area contributed by atoms with Gasteiger partial charge in [-0.3, -0.25) is 0 Å². The van der Waals surface area contributed by atoms with Gasteiger partial charge in [0.05, 0.1) is 6.61 Å². The predicted molar refractivity (Wildman–Crippen MR) is 63.2 cm³/mol. The third-order valence-corrected chi connectivity index (χ3v) is 3.29. The van der Waals surface area contributed by atoms with Crippen LogP contribution in [0.25, 0.3) is 0 Å². The van der Waals surface area contributed by atoms with E-state index >= 15 is 0 Å². The molecule has 0 aromatic heterocycles. The van der Waals surface area contributed by atoms with E-state index in [1.165, 1.54) is 12.8 Å². The van der Waals surface area contributed by atoms with Gasteiger partial charge in [0.15, 0.2) is 0 Å². The maximum absolute atomic E-state index is 8.94. The summed E-state index contributed by atoms with van der Waals surface area (Å²) in [5.74, 6) is 1.38. The molecule has 16 heavy (non-hydrogen) atoms. The second-order valence-corrected chi connectivity index (χ2v) is 4.39. The molecule has 1 aromatic rings. The SMILES string of the molecule is NCC1CCCC1Oc1ccc(CO)cc1. The fourth-order valence-electron chi connectivity index (χ4n) is 2.28. The highest BCUT2D eigenvalue weighted by atomic mass is 16.5. The summed E-state index contributed by atoms with van der Waals surface area (Å²) < 4.78 is 5.92. The van der Waals surface area contributed by atoms with E-state index in [1.807, 2.05) is 24.3 Å². The number of rotatable bonds is 4. The van der Waals surface area contributed by atoms with Crippen molar-refractivity contribution in [3.05, 3.63) is 29.8 Å². The summed E-state index contributed by atoms with van der Waals surface area (Å²) >= 11 is 0. The van der Waals surface area contributed by atoms with Crippen molar-refractivity contribution in [2.75, 3.05) is 6.54 Å². The Hall–Kier alpha value is -1.06. The summed E-state index contributed by atoms with van der Waals surface area (Å²) in [4.78, 5) is 0. The van der Waals surface area contributed by atoms with Crippen LogP contribution in [0.1, 0.15) is 24.8 Å². The number of ether oxygens (including phenoxy) is 1. The molecule has 1 fully saturated rings. The monoisotopic (exact) mass is 221 g/mol. The van der Waals surface area contributed by atoms with Gasteiger partial charge in [-0.2, -0.15) is 0 Å². The highest BCUT2D eigenvalue weighted by Gasteiger charge is 2.27. The summed E-state index contributed by atoms with van der Waals surface area (Å²) in [5.41, 5.74) is 6.62. The number of benzene rings is 1. The zero-order chi connectivity index (χ0) is 11.4. The molecule has 3 nitrogen and oxygen atoms in total.